The summed E-state index contributed by atoms with van der Waals surface area (Å²) in [6, 6.07) is 6.08. The molecule has 0 aromatic carbocycles. The Labute approximate surface area is 162 Å². The quantitative estimate of drug-likeness (QED) is 0.650. The molecule has 3 aromatic heterocycles. The van der Waals surface area contributed by atoms with Crippen molar-refractivity contribution in [3.05, 3.63) is 53.1 Å². The Morgan fingerprint density at radius 2 is 2.07 bits per heavy atom. The van der Waals surface area contributed by atoms with Crippen molar-refractivity contribution in [1.29, 1.82) is 0 Å². The Morgan fingerprint density at radius 1 is 1.14 bits per heavy atom. The van der Waals surface area contributed by atoms with Crippen LogP contribution in [0, 0.1) is 6.92 Å². The Hall–Kier alpha value is -3.29. The van der Waals surface area contributed by atoms with Crippen LogP contribution < -0.4 is 9.80 Å². The highest BCUT2D eigenvalue weighted by molar-refractivity contribution is 5.72. The van der Waals surface area contributed by atoms with Crippen molar-refractivity contribution in [2.75, 3.05) is 22.9 Å². The molecule has 0 spiro atoms. The summed E-state index contributed by atoms with van der Waals surface area (Å²) in [5, 5.41) is 12.7. The van der Waals surface area contributed by atoms with Gasteiger partial charge in [0.25, 0.3) is 0 Å². The summed E-state index contributed by atoms with van der Waals surface area (Å²) in [5.74, 6) is 1.95. The van der Waals surface area contributed by atoms with Gasteiger partial charge in [-0.2, -0.15) is 5.10 Å². The smallest absolute Gasteiger partial charge is 0.170 e. The SMILES string of the molecule is Cc1cc(C=O)nnc1N1CCc2ncc(N3CCCn4nccc43)cc2C1. The van der Waals surface area contributed by atoms with Gasteiger partial charge in [0.2, 0.25) is 0 Å². The Kier molecular flexibility index (Phi) is 4.03. The van der Waals surface area contributed by atoms with Gasteiger partial charge in [-0.05, 0) is 36.6 Å². The van der Waals surface area contributed by atoms with E-state index in [4.69, 9.17) is 4.98 Å². The predicted molar refractivity (Wildman–Crippen MR) is 105 cm³/mol. The van der Waals surface area contributed by atoms with Crippen molar-refractivity contribution in [2.24, 2.45) is 0 Å². The molecule has 0 fully saturated rings. The number of carbonyl (C=O) groups excluding carboxylic acids is 1. The summed E-state index contributed by atoms with van der Waals surface area (Å²) >= 11 is 0. The first-order valence-corrected chi connectivity index (χ1v) is 9.54. The molecule has 8 nitrogen and oxygen atoms in total. The molecule has 0 aliphatic carbocycles. The number of fused-ring (bicyclic) bond motifs is 2. The summed E-state index contributed by atoms with van der Waals surface area (Å²) in [6.45, 7) is 5.47. The molecule has 0 atom stereocenters. The van der Waals surface area contributed by atoms with Crippen molar-refractivity contribution in [2.45, 2.75) is 32.9 Å². The third-order valence-corrected chi connectivity index (χ3v) is 5.46. The lowest BCUT2D eigenvalue weighted by Gasteiger charge is -2.32. The predicted octanol–water partition coefficient (Wildman–Crippen LogP) is 2.29. The molecule has 0 amide bonds. The van der Waals surface area contributed by atoms with Crippen LogP contribution >= 0.6 is 0 Å². The molecular weight excluding hydrogens is 354 g/mol. The normalized spacial score (nSPS) is 15.9. The van der Waals surface area contributed by atoms with Crippen LogP contribution in [0.5, 0.6) is 0 Å². The summed E-state index contributed by atoms with van der Waals surface area (Å²) in [6.07, 6.45) is 6.49. The zero-order valence-corrected chi connectivity index (χ0v) is 15.7. The highest BCUT2D eigenvalue weighted by atomic mass is 16.1. The van der Waals surface area contributed by atoms with Gasteiger partial charge in [0.1, 0.15) is 11.5 Å². The van der Waals surface area contributed by atoms with Crippen LogP contribution in [-0.4, -0.2) is 44.3 Å². The maximum atomic E-state index is 10.9. The van der Waals surface area contributed by atoms with E-state index in [0.29, 0.717) is 5.69 Å². The van der Waals surface area contributed by atoms with Crippen LogP contribution in [-0.2, 0) is 19.5 Å². The highest BCUT2D eigenvalue weighted by Crippen LogP contribution is 2.31. The third-order valence-electron chi connectivity index (χ3n) is 5.46. The minimum Gasteiger partial charge on any atom is -0.350 e. The van der Waals surface area contributed by atoms with Crippen molar-refractivity contribution in [3.8, 4) is 0 Å². The molecule has 0 unspecified atom stereocenters. The van der Waals surface area contributed by atoms with E-state index in [-0.39, 0.29) is 0 Å². The molecule has 142 valence electrons. The second-order valence-electron chi connectivity index (χ2n) is 7.28. The van der Waals surface area contributed by atoms with Crippen molar-refractivity contribution >= 4 is 23.6 Å². The highest BCUT2D eigenvalue weighted by Gasteiger charge is 2.24. The van der Waals surface area contributed by atoms with Crippen LogP contribution in [0.3, 0.4) is 0 Å². The topological polar surface area (TPSA) is 80.0 Å². The Balaban J connectivity index is 1.45. The lowest BCUT2D eigenvalue weighted by molar-refractivity contribution is 0.111. The third kappa shape index (κ3) is 2.81. The van der Waals surface area contributed by atoms with Gasteiger partial charge in [-0.3, -0.25) is 9.78 Å². The molecule has 8 heteroatoms. The number of aromatic nitrogens is 5. The zero-order chi connectivity index (χ0) is 19.1. The van der Waals surface area contributed by atoms with Gasteiger partial charge >= 0.3 is 0 Å². The number of anilines is 3. The fraction of sp³-hybridized carbons (Fsp3) is 0.350. The molecule has 0 radical (unpaired) electrons. The standard InChI is InChI=1S/C20H21N7O/c1-14-9-16(13-28)23-24-20(14)25-8-4-18-15(12-25)10-17(11-21-18)26-6-2-7-27-19(26)3-5-22-27/h3,5,9-11,13H,2,4,6-8,12H2,1H3. The van der Waals surface area contributed by atoms with E-state index in [1.165, 1.54) is 5.56 Å². The Bertz CT molecular complexity index is 1040. The molecule has 28 heavy (non-hydrogen) atoms. The number of aryl methyl sites for hydroxylation is 2. The molecule has 0 saturated carbocycles. The van der Waals surface area contributed by atoms with E-state index in [9.17, 15) is 4.79 Å². The number of hydrogen-bond acceptors (Lipinski definition) is 7. The van der Waals surface area contributed by atoms with Gasteiger partial charge < -0.3 is 9.80 Å². The lowest BCUT2D eigenvalue weighted by atomic mass is 10.0. The molecule has 5 rings (SSSR count). The fourth-order valence-electron chi connectivity index (χ4n) is 4.09. The van der Waals surface area contributed by atoms with Crippen LogP contribution in [0.1, 0.15) is 33.7 Å². The average molecular weight is 375 g/mol. The number of aldehydes is 1. The minimum atomic E-state index is 0.365. The maximum Gasteiger partial charge on any atom is 0.170 e. The van der Waals surface area contributed by atoms with Crippen LogP contribution in [0.25, 0.3) is 0 Å². The molecule has 0 bridgehead atoms. The average Bonchev–Trinajstić information content (AvgIpc) is 3.22. The molecule has 0 N–H and O–H groups in total. The van der Waals surface area contributed by atoms with Gasteiger partial charge in [-0.25, -0.2) is 4.68 Å². The number of pyridine rings is 1. The fourth-order valence-corrected chi connectivity index (χ4v) is 4.09. The van der Waals surface area contributed by atoms with E-state index < -0.39 is 0 Å². The van der Waals surface area contributed by atoms with Crippen molar-refractivity contribution < 1.29 is 4.79 Å². The van der Waals surface area contributed by atoms with Crippen LogP contribution in [0.4, 0.5) is 17.3 Å². The van der Waals surface area contributed by atoms with Gasteiger partial charge in [0.15, 0.2) is 12.1 Å². The van der Waals surface area contributed by atoms with Crippen LogP contribution in [0.15, 0.2) is 30.6 Å². The molecule has 5 heterocycles. The van der Waals surface area contributed by atoms with E-state index in [1.54, 1.807) is 6.07 Å². The number of rotatable bonds is 3. The van der Waals surface area contributed by atoms with Gasteiger partial charge in [-0.15, -0.1) is 10.2 Å². The van der Waals surface area contributed by atoms with Gasteiger partial charge in [0.05, 0.1) is 18.1 Å². The monoisotopic (exact) mass is 375 g/mol. The van der Waals surface area contributed by atoms with Crippen LogP contribution in [0.2, 0.25) is 0 Å². The van der Waals surface area contributed by atoms with E-state index in [2.05, 4.69) is 37.2 Å². The lowest BCUT2D eigenvalue weighted by Crippen LogP contribution is -2.33. The second-order valence-corrected chi connectivity index (χ2v) is 7.28. The van der Waals surface area contributed by atoms with Crippen molar-refractivity contribution in [1.82, 2.24) is 25.0 Å². The maximum absolute atomic E-state index is 10.9. The van der Waals surface area contributed by atoms with E-state index in [1.807, 2.05) is 24.0 Å². The molecule has 2 aliphatic rings. The minimum absolute atomic E-state index is 0.365. The summed E-state index contributed by atoms with van der Waals surface area (Å²) in [7, 11) is 0. The van der Waals surface area contributed by atoms with Crippen molar-refractivity contribution in [3.63, 3.8) is 0 Å². The number of nitrogens with zero attached hydrogens (tertiary/aromatic N) is 7. The van der Waals surface area contributed by atoms with Gasteiger partial charge in [-0.1, -0.05) is 0 Å². The van der Waals surface area contributed by atoms with E-state index in [0.717, 1.165) is 73.9 Å². The number of carbonyl (C=O) groups is 1. The molecule has 3 aromatic rings. The van der Waals surface area contributed by atoms with Gasteiger partial charge in [0, 0.05) is 44.4 Å². The zero-order valence-electron chi connectivity index (χ0n) is 15.7. The molecule has 0 saturated heterocycles. The first kappa shape index (κ1) is 16.9. The first-order chi connectivity index (χ1) is 13.7. The largest absolute Gasteiger partial charge is 0.350 e. The summed E-state index contributed by atoms with van der Waals surface area (Å²) < 4.78 is 2.04. The number of hydrogen-bond donors (Lipinski definition) is 0. The Morgan fingerprint density at radius 3 is 2.93 bits per heavy atom. The molecular formula is C20H21N7O. The summed E-state index contributed by atoms with van der Waals surface area (Å²) in [5.41, 5.74) is 4.77. The first-order valence-electron chi connectivity index (χ1n) is 9.54. The van der Waals surface area contributed by atoms with E-state index >= 15 is 0 Å². The second kappa shape index (κ2) is 6.70. The molecule has 2 aliphatic heterocycles. The summed E-state index contributed by atoms with van der Waals surface area (Å²) in [4.78, 5) is 20.2.